The van der Waals surface area contributed by atoms with Crippen molar-refractivity contribution in [2.75, 3.05) is 13.7 Å². The highest BCUT2D eigenvalue weighted by Gasteiger charge is 2.44. The molecule has 5 rings (SSSR count). The molecule has 0 fully saturated rings. The van der Waals surface area contributed by atoms with Gasteiger partial charge in [0.2, 0.25) is 0 Å². The van der Waals surface area contributed by atoms with Gasteiger partial charge in [-0.3, -0.25) is 24.5 Å². The molecule has 11 heteroatoms. The molecule has 0 atom stereocenters. The number of nitro benzene ring substituents is 1. The standard InChI is InChI=1S/C29H27IN2O8/c1-39-24-13-17(12-19(30)29(24)40-15-16-8-10-18(11-9-16)32(37)38)26-27-20(4-2-6-22(27)33)31(14-25(35)36)21-5-3-7-23(34)28(21)26/h8-13,26H,2-7,14-15H2,1H3,(H,35,36). The Labute approximate surface area is 243 Å². The van der Waals surface area contributed by atoms with Crippen LogP contribution in [0.15, 0.2) is 58.9 Å². The van der Waals surface area contributed by atoms with Crippen LogP contribution in [0.4, 0.5) is 5.69 Å². The largest absolute Gasteiger partial charge is 0.493 e. The molecule has 2 aromatic carbocycles. The number of halogens is 1. The summed E-state index contributed by atoms with van der Waals surface area (Å²) in [4.78, 5) is 50.7. The minimum atomic E-state index is -1.01. The Morgan fingerprint density at radius 2 is 1.65 bits per heavy atom. The highest BCUT2D eigenvalue weighted by Crippen LogP contribution is 2.50. The molecule has 2 aromatic rings. The fraction of sp³-hybridized carbons (Fsp3) is 0.345. The van der Waals surface area contributed by atoms with Gasteiger partial charge >= 0.3 is 5.97 Å². The van der Waals surface area contributed by atoms with E-state index in [1.54, 1.807) is 23.1 Å². The number of non-ortho nitro benzene ring substituents is 1. The van der Waals surface area contributed by atoms with Crippen LogP contribution in [0.2, 0.25) is 0 Å². The molecule has 0 saturated heterocycles. The average molecular weight is 658 g/mol. The van der Waals surface area contributed by atoms with Crippen LogP contribution in [0.25, 0.3) is 0 Å². The predicted octanol–water partition coefficient (Wildman–Crippen LogP) is 5.29. The maximum Gasteiger partial charge on any atom is 0.323 e. The van der Waals surface area contributed by atoms with Gasteiger partial charge in [-0.25, -0.2) is 0 Å². The number of carbonyl (C=O) groups excluding carboxylic acids is 2. The number of hydrogen-bond donors (Lipinski definition) is 1. The maximum atomic E-state index is 13.4. The third kappa shape index (κ3) is 5.21. The van der Waals surface area contributed by atoms with Crippen molar-refractivity contribution >= 4 is 45.8 Å². The van der Waals surface area contributed by atoms with Crippen LogP contribution in [0.1, 0.15) is 55.6 Å². The Kier molecular flexibility index (Phi) is 7.92. The lowest BCUT2D eigenvalue weighted by Gasteiger charge is -2.43. The molecule has 0 unspecified atom stereocenters. The second-order valence-corrected chi connectivity index (χ2v) is 11.1. The number of methoxy groups -OCH3 is 1. The quantitative estimate of drug-likeness (QED) is 0.228. The smallest absolute Gasteiger partial charge is 0.323 e. The Balaban J connectivity index is 1.56. The summed E-state index contributed by atoms with van der Waals surface area (Å²) in [7, 11) is 1.51. The van der Waals surface area contributed by atoms with E-state index >= 15 is 0 Å². The van der Waals surface area contributed by atoms with Crippen LogP contribution < -0.4 is 9.47 Å². The molecule has 1 heterocycles. The molecular formula is C29H27IN2O8. The summed E-state index contributed by atoms with van der Waals surface area (Å²) >= 11 is 2.13. The van der Waals surface area contributed by atoms with Crippen molar-refractivity contribution in [1.82, 2.24) is 4.90 Å². The monoisotopic (exact) mass is 658 g/mol. The number of nitro groups is 1. The molecule has 0 aromatic heterocycles. The van der Waals surface area contributed by atoms with Gasteiger partial charge in [-0.1, -0.05) is 0 Å². The maximum absolute atomic E-state index is 13.4. The van der Waals surface area contributed by atoms with Crippen molar-refractivity contribution in [3.63, 3.8) is 0 Å². The van der Waals surface area contributed by atoms with Crippen LogP contribution in [-0.2, 0) is 21.0 Å². The first-order chi connectivity index (χ1) is 19.2. The van der Waals surface area contributed by atoms with Crippen molar-refractivity contribution in [1.29, 1.82) is 0 Å². The number of allylic oxidation sites excluding steroid dienone is 4. The molecule has 3 aliphatic rings. The number of ketones is 2. The summed E-state index contributed by atoms with van der Waals surface area (Å²) in [6, 6.07) is 9.75. The van der Waals surface area contributed by atoms with Crippen LogP contribution in [0.5, 0.6) is 11.5 Å². The molecule has 1 N–H and O–H groups in total. The molecule has 40 heavy (non-hydrogen) atoms. The van der Waals surface area contributed by atoms with Gasteiger partial charge in [0, 0.05) is 53.4 Å². The van der Waals surface area contributed by atoms with E-state index in [2.05, 4.69) is 22.6 Å². The number of nitrogens with zero attached hydrogens (tertiary/aromatic N) is 2. The molecule has 0 spiro atoms. The second-order valence-electron chi connectivity index (χ2n) is 9.93. The van der Waals surface area contributed by atoms with Gasteiger partial charge in [-0.05, 0) is 83.7 Å². The Bertz CT molecular complexity index is 1430. The molecule has 0 amide bonds. The average Bonchev–Trinajstić information content (AvgIpc) is 2.92. The number of Topliss-reactive ketones (excluding diaryl/α,β-unsaturated/α-hetero) is 2. The number of benzene rings is 2. The first-order valence-electron chi connectivity index (χ1n) is 12.9. The zero-order valence-corrected chi connectivity index (χ0v) is 23.9. The minimum Gasteiger partial charge on any atom is -0.493 e. The van der Waals surface area contributed by atoms with Crippen molar-refractivity contribution in [2.45, 2.75) is 51.0 Å². The minimum absolute atomic E-state index is 0.00784. The summed E-state index contributed by atoms with van der Waals surface area (Å²) in [5, 5.41) is 20.6. The van der Waals surface area contributed by atoms with Crippen LogP contribution in [0.3, 0.4) is 0 Å². The van der Waals surface area contributed by atoms with Gasteiger partial charge in [-0.15, -0.1) is 0 Å². The summed E-state index contributed by atoms with van der Waals surface area (Å²) in [6.07, 6.45) is 3.09. The highest BCUT2D eigenvalue weighted by atomic mass is 127. The van der Waals surface area contributed by atoms with Crippen molar-refractivity contribution in [2.24, 2.45) is 0 Å². The van der Waals surface area contributed by atoms with E-state index in [-0.39, 0.29) is 30.4 Å². The lowest BCUT2D eigenvalue weighted by Crippen LogP contribution is -2.41. The van der Waals surface area contributed by atoms with Crippen LogP contribution in [0, 0.1) is 13.7 Å². The zero-order valence-electron chi connectivity index (χ0n) is 21.8. The summed E-state index contributed by atoms with van der Waals surface area (Å²) in [5.41, 5.74) is 3.84. The van der Waals surface area contributed by atoms with Gasteiger partial charge in [0.05, 0.1) is 15.6 Å². The molecule has 10 nitrogen and oxygen atoms in total. The van der Waals surface area contributed by atoms with Gasteiger partial charge in [-0.2, -0.15) is 0 Å². The fourth-order valence-corrected chi connectivity index (χ4v) is 6.57. The van der Waals surface area contributed by atoms with Gasteiger partial charge in [0.1, 0.15) is 13.2 Å². The number of hydrogen-bond acceptors (Lipinski definition) is 8. The fourth-order valence-electron chi connectivity index (χ4n) is 5.79. The number of ether oxygens (including phenoxy) is 2. The molecule has 0 saturated carbocycles. The number of carboxylic acids is 1. The Morgan fingerprint density at radius 1 is 1.05 bits per heavy atom. The van der Waals surface area contributed by atoms with E-state index < -0.39 is 16.8 Å². The van der Waals surface area contributed by atoms with Crippen molar-refractivity contribution in [3.8, 4) is 11.5 Å². The van der Waals surface area contributed by atoms with E-state index in [1.165, 1.54) is 19.2 Å². The summed E-state index contributed by atoms with van der Waals surface area (Å²) in [6.45, 7) is -0.139. The number of aliphatic carboxylic acids is 1. The molecule has 0 bridgehead atoms. The van der Waals surface area contributed by atoms with Crippen LogP contribution in [-0.4, -0.2) is 46.1 Å². The van der Waals surface area contributed by atoms with Gasteiger partial charge < -0.3 is 19.5 Å². The predicted molar refractivity (Wildman–Crippen MR) is 152 cm³/mol. The highest BCUT2D eigenvalue weighted by molar-refractivity contribution is 14.1. The molecule has 2 aliphatic carbocycles. The third-order valence-corrected chi connectivity index (χ3v) is 8.30. The van der Waals surface area contributed by atoms with Crippen LogP contribution >= 0.6 is 22.6 Å². The zero-order chi connectivity index (χ0) is 28.6. The van der Waals surface area contributed by atoms with E-state index in [9.17, 15) is 29.6 Å². The normalized spacial score (nSPS) is 17.5. The number of carboxylic acid groups (broad SMARTS) is 1. The van der Waals surface area contributed by atoms with Gasteiger partial charge in [0.15, 0.2) is 23.1 Å². The Morgan fingerprint density at radius 3 is 2.17 bits per heavy atom. The number of carbonyl (C=O) groups is 3. The lowest BCUT2D eigenvalue weighted by atomic mass is 9.71. The molecule has 208 valence electrons. The molecule has 1 aliphatic heterocycles. The third-order valence-electron chi connectivity index (χ3n) is 7.50. The molecule has 0 radical (unpaired) electrons. The van der Waals surface area contributed by atoms with E-state index in [0.717, 1.165) is 5.56 Å². The van der Waals surface area contributed by atoms with Crippen molar-refractivity contribution < 1.29 is 33.9 Å². The summed E-state index contributed by atoms with van der Waals surface area (Å²) < 4.78 is 12.5. The van der Waals surface area contributed by atoms with E-state index in [1.807, 2.05) is 6.07 Å². The van der Waals surface area contributed by atoms with E-state index in [4.69, 9.17) is 9.47 Å². The number of rotatable bonds is 8. The second kappa shape index (κ2) is 11.4. The lowest BCUT2D eigenvalue weighted by molar-refractivity contribution is -0.384. The van der Waals surface area contributed by atoms with Crippen molar-refractivity contribution in [3.05, 3.63) is 83.7 Å². The van der Waals surface area contributed by atoms with Gasteiger partial charge in [0.25, 0.3) is 5.69 Å². The summed E-state index contributed by atoms with van der Waals surface area (Å²) in [5.74, 6) is -0.867. The van der Waals surface area contributed by atoms with E-state index in [0.29, 0.717) is 81.7 Å². The first-order valence-corrected chi connectivity index (χ1v) is 14.0. The first kappa shape index (κ1) is 27.8. The SMILES string of the molecule is COc1cc(C2C3=C(CCCC3=O)N(CC(=O)O)C3=C2C(=O)CCC3)cc(I)c1OCc1ccc([N+](=O)[O-])cc1. The molecular weight excluding hydrogens is 631 g/mol. The topological polar surface area (TPSA) is 136 Å². The Hall–Kier alpha value is -3.74.